The summed E-state index contributed by atoms with van der Waals surface area (Å²) < 4.78 is 5.11. The van der Waals surface area contributed by atoms with E-state index in [4.69, 9.17) is 4.74 Å². The molecule has 0 heterocycles. The number of carboxylic acid groups (broad SMARTS) is 1. The second kappa shape index (κ2) is 7.17. The molecular formula is C19H19NO4. The lowest BCUT2D eigenvalue weighted by Crippen LogP contribution is -2.43. The van der Waals surface area contributed by atoms with Crippen molar-refractivity contribution in [3.05, 3.63) is 71.8 Å². The molecule has 1 aliphatic carbocycles. The van der Waals surface area contributed by atoms with Crippen molar-refractivity contribution in [2.75, 3.05) is 0 Å². The number of carbonyl (C=O) groups is 2. The summed E-state index contributed by atoms with van der Waals surface area (Å²) >= 11 is 0. The fraction of sp³-hybridized carbons (Fsp3) is 0.263. The average Bonchev–Trinajstić information content (AvgIpc) is 3.40. The highest BCUT2D eigenvalue weighted by Crippen LogP contribution is 2.49. The van der Waals surface area contributed by atoms with Gasteiger partial charge in [0.1, 0.15) is 12.6 Å². The zero-order chi connectivity index (χ0) is 16.9. The van der Waals surface area contributed by atoms with E-state index in [0.29, 0.717) is 0 Å². The van der Waals surface area contributed by atoms with Crippen molar-refractivity contribution in [2.24, 2.45) is 5.92 Å². The lowest BCUT2D eigenvalue weighted by Gasteiger charge is -2.15. The first kappa shape index (κ1) is 16.1. The Labute approximate surface area is 140 Å². The monoisotopic (exact) mass is 325 g/mol. The van der Waals surface area contributed by atoms with Crippen LogP contribution in [0.1, 0.15) is 23.5 Å². The Balaban J connectivity index is 1.55. The number of hydrogen-bond acceptors (Lipinski definition) is 3. The second-order valence-corrected chi connectivity index (χ2v) is 5.94. The Hall–Kier alpha value is -2.82. The molecule has 3 atom stereocenters. The van der Waals surface area contributed by atoms with E-state index in [9.17, 15) is 14.7 Å². The van der Waals surface area contributed by atoms with Crippen molar-refractivity contribution in [3.63, 3.8) is 0 Å². The first-order valence-electron chi connectivity index (χ1n) is 7.90. The summed E-state index contributed by atoms with van der Waals surface area (Å²) in [5.41, 5.74) is 1.96. The SMILES string of the molecule is O=C(NC(C(=O)O)C1CC1c1ccccc1)OCc1ccccc1. The zero-order valence-electron chi connectivity index (χ0n) is 13.1. The van der Waals surface area contributed by atoms with Crippen LogP contribution in [0, 0.1) is 5.92 Å². The number of carboxylic acids is 1. The number of amides is 1. The largest absolute Gasteiger partial charge is 0.480 e. The second-order valence-electron chi connectivity index (χ2n) is 5.94. The number of carbonyl (C=O) groups excluding carboxylic acids is 1. The number of alkyl carbamates (subject to hydrolysis) is 1. The van der Waals surface area contributed by atoms with Gasteiger partial charge in [-0.25, -0.2) is 9.59 Å². The van der Waals surface area contributed by atoms with E-state index in [1.54, 1.807) is 0 Å². The fourth-order valence-corrected chi connectivity index (χ4v) is 2.91. The lowest BCUT2D eigenvalue weighted by atomic mass is 10.1. The number of benzene rings is 2. The highest BCUT2D eigenvalue weighted by atomic mass is 16.5. The molecule has 0 spiro atoms. The van der Waals surface area contributed by atoms with Crippen LogP contribution in [-0.4, -0.2) is 23.2 Å². The molecular weight excluding hydrogens is 306 g/mol. The number of aliphatic carboxylic acids is 1. The Morgan fingerprint density at radius 3 is 2.33 bits per heavy atom. The lowest BCUT2D eigenvalue weighted by molar-refractivity contribution is -0.140. The minimum atomic E-state index is -1.03. The van der Waals surface area contributed by atoms with Gasteiger partial charge in [-0.15, -0.1) is 0 Å². The molecule has 2 N–H and O–H groups in total. The Bertz CT molecular complexity index is 702. The van der Waals surface area contributed by atoms with Gasteiger partial charge in [-0.05, 0) is 29.4 Å². The van der Waals surface area contributed by atoms with Gasteiger partial charge in [0.25, 0.3) is 0 Å². The van der Waals surface area contributed by atoms with Crippen LogP contribution in [-0.2, 0) is 16.1 Å². The molecule has 0 saturated heterocycles. The van der Waals surface area contributed by atoms with Crippen LogP contribution in [0.25, 0.3) is 0 Å². The molecule has 1 aliphatic rings. The topological polar surface area (TPSA) is 75.6 Å². The van der Waals surface area contributed by atoms with Gasteiger partial charge < -0.3 is 15.2 Å². The molecule has 1 amide bonds. The maximum atomic E-state index is 11.9. The normalized spacial score (nSPS) is 20.0. The summed E-state index contributed by atoms with van der Waals surface area (Å²) in [6, 6.07) is 18.1. The molecule has 124 valence electrons. The van der Waals surface area contributed by atoms with Gasteiger partial charge in [0.2, 0.25) is 0 Å². The standard InChI is InChI=1S/C19H19NO4/c21-18(22)17(16-11-15(16)14-9-5-2-6-10-14)20-19(23)24-12-13-7-3-1-4-8-13/h1-10,15-17H,11-12H2,(H,20,23)(H,21,22). The Morgan fingerprint density at radius 2 is 1.71 bits per heavy atom. The number of hydrogen-bond donors (Lipinski definition) is 2. The molecule has 0 aromatic heterocycles. The van der Waals surface area contributed by atoms with Gasteiger partial charge in [0.05, 0.1) is 0 Å². The van der Waals surface area contributed by atoms with Crippen molar-refractivity contribution in [2.45, 2.75) is 25.0 Å². The Morgan fingerprint density at radius 1 is 1.08 bits per heavy atom. The predicted molar refractivity (Wildman–Crippen MR) is 88.5 cm³/mol. The molecule has 1 saturated carbocycles. The molecule has 0 aliphatic heterocycles. The summed E-state index contributed by atoms with van der Waals surface area (Å²) in [7, 11) is 0. The first-order chi connectivity index (χ1) is 11.6. The van der Waals surface area contributed by atoms with E-state index in [0.717, 1.165) is 17.5 Å². The summed E-state index contributed by atoms with van der Waals surface area (Å²) in [4.78, 5) is 23.4. The van der Waals surface area contributed by atoms with Gasteiger partial charge >= 0.3 is 12.1 Å². The minimum absolute atomic E-state index is 0.103. The van der Waals surface area contributed by atoms with Crippen LogP contribution in [0.5, 0.6) is 0 Å². The summed E-state index contributed by atoms with van der Waals surface area (Å²) in [6.07, 6.45) is 0.0462. The van der Waals surface area contributed by atoms with Gasteiger partial charge in [-0.1, -0.05) is 60.7 Å². The summed E-state index contributed by atoms with van der Waals surface area (Å²) in [5.74, 6) is -0.967. The molecule has 3 unspecified atom stereocenters. The van der Waals surface area contributed by atoms with Crippen molar-refractivity contribution in [3.8, 4) is 0 Å². The first-order valence-corrected chi connectivity index (χ1v) is 7.90. The van der Waals surface area contributed by atoms with Crippen LogP contribution >= 0.6 is 0 Å². The van der Waals surface area contributed by atoms with E-state index < -0.39 is 18.1 Å². The van der Waals surface area contributed by atoms with E-state index in [1.807, 2.05) is 60.7 Å². The summed E-state index contributed by atoms with van der Waals surface area (Å²) in [6.45, 7) is 0.117. The summed E-state index contributed by atoms with van der Waals surface area (Å²) in [5, 5.41) is 11.9. The zero-order valence-corrected chi connectivity index (χ0v) is 13.1. The van der Waals surface area contributed by atoms with E-state index in [1.165, 1.54) is 0 Å². The number of nitrogens with one attached hydrogen (secondary N) is 1. The Kier molecular flexibility index (Phi) is 4.79. The van der Waals surface area contributed by atoms with Crippen LogP contribution in [0.2, 0.25) is 0 Å². The van der Waals surface area contributed by atoms with E-state index in [-0.39, 0.29) is 18.4 Å². The molecule has 1 fully saturated rings. The number of rotatable bonds is 6. The quantitative estimate of drug-likeness (QED) is 0.855. The highest BCUT2D eigenvalue weighted by molar-refractivity contribution is 5.81. The molecule has 0 radical (unpaired) electrons. The molecule has 24 heavy (non-hydrogen) atoms. The smallest absolute Gasteiger partial charge is 0.408 e. The third-order valence-corrected chi connectivity index (χ3v) is 4.25. The van der Waals surface area contributed by atoms with Crippen molar-refractivity contribution in [1.29, 1.82) is 0 Å². The van der Waals surface area contributed by atoms with Gasteiger partial charge in [0, 0.05) is 0 Å². The highest BCUT2D eigenvalue weighted by Gasteiger charge is 2.47. The molecule has 2 aromatic rings. The maximum absolute atomic E-state index is 11.9. The predicted octanol–water partition coefficient (Wildman–Crippen LogP) is 3.17. The van der Waals surface area contributed by atoms with E-state index >= 15 is 0 Å². The van der Waals surface area contributed by atoms with E-state index in [2.05, 4.69) is 5.32 Å². The van der Waals surface area contributed by atoms with Gasteiger partial charge in [-0.2, -0.15) is 0 Å². The van der Waals surface area contributed by atoms with Crippen molar-refractivity contribution in [1.82, 2.24) is 5.32 Å². The van der Waals surface area contributed by atoms with Gasteiger partial charge in [0.15, 0.2) is 0 Å². The number of ether oxygens (including phenoxy) is 1. The third-order valence-electron chi connectivity index (χ3n) is 4.25. The van der Waals surface area contributed by atoms with Crippen molar-refractivity contribution >= 4 is 12.1 Å². The molecule has 5 nitrogen and oxygen atoms in total. The average molecular weight is 325 g/mol. The molecule has 0 bridgehead atoms. The minimum Gasteiger partial charge on any atom is -0.480 e. The molecule has 2 aromatic carbocycles. The fourth-order valence-electron chi connectivity index (χ4n) is 2.91. The van der Waals surface area contributed by atoms with Crippen molar-refractivity contribution < 1.29 is 19.4 Å². The maximum Gasteiger partial charge on any atom is 0.408 e. The third kappa shape index (κ3) is 3.93. The van der Waals surface area contributed by atoms with Crippen LogP contribution in [0.4, 0.5) is 4.79 Å². The van der Waals surface area contributed by atoms with Crippen LogP contribution < -0.4 is 5.32 Å². The molecule has 5 heteroatoms. The molecule has 3 rings (SSSR count). The van der Waals surface area contributed by atoms with Crippen LogP contribution in [0.3, 0.4) is 0 Å². The van der Waals surface area contributed by atoms with Crippen LogP contribution in [0.15, 0.2) is 60.7 Å². The van der Waals surface area contributed by atoms with Gasteiger partial charge in [-0.3, -0.25) is 0 Å².